The zero-order chi connectivity index (χ0) is 17.4. The normalized spacial score (nSPS) is 26.2. The Kier molecular flexibility index (Phi) is 4.92. The molecule has 0 bridgehead atoms. The SMILES string of the molecule is CC1(C)CN(C(=O)C2(c3ccccc3Cl)CCOCC2)CCC1N. The predicted octanol–water partition coefficient (Wildman–Crippen LogP) is 2.97. The second-order valence-electron chi connectivity index (χ2n) is 7.78. The number of halogens is 1. The van der Waals surface area contributed by atoms with E-state index >= 15 is 0 Å². The van der Waals surface area contributed by atoms with E-state index in [2.05, 4.69) is 13.8 Å². The van der Waals surface area contributed by atoms with Gasteiger partial charge in [-0.3, -0.25) is 4.79 Å². The van der Waals surface area contributed by atoms with Crippen LogP contribution in [0.5, 0.6) is 0 Å². The first kappa shape index (κ1) is 17.7. The second-order valence-corrected chi connectivity index (χ2v) is 8.19. The van der Waals surface area contributed by atoms with Crippen molar-refractivity contribution in [1.82, 2.24) is 4.90 Å². The van der Waals surface area contributed by atoms with Gasteiger partial charge in [0.2, 0.25) is 5.91 Å². The van der Waals surface area contributed by atoms with E-state index in [1.807, 2.05) is 29.2 Å². The van der Waals surface area contributed by atoms with E-state index in [1.54, 1.807) is 0 Å². The summed E-state index contributed by atoms with van der Waals surface area (Å²) in [5.74, 6) is 0.180. The molecule has 0 spiro atoms. The van der Waals surface area contributed by atoms with E-state index < -0.39 is 5.41 Å². The van der Waals surface area contributed by atoms with Crippen molar-refractivity contribution < 1.29 is 9.53 Å². The number of nitrogens with zero attached hydrogens (tertiary/aromatic N) is 1. The van der Waals surface area contributed by atoms with Crippen LogP contribution in [0.3, 0.4) is 0 Å². The van der Waals surface area contributed by atoms with Gasteiger partial charge >= 0.3 is 0 Å². The molecule has 2 aliphatic rings. The highest BCUT2D eigenvalue weighted by molar-refractivity contribution is 6.31. The topological polar surface area (TPSA) is 55.6 Å². The van der Waals surface area contributed by atoms with Crippen LogP contribution >= 0.6 is 11.6 Å². The Morgan fingerprint density at radius 1 is 1.29 bits per heavy atom. The van der Waals surface area contributed by atoms with Gasteiger partial charge in [0.15, 0.2) is 0 Å². The third-order valence-corrected chi connectivity index (χ3v) is 6.07. The first-order valence-corrected chi connectivity index (χ1v) is 9.12. The first-order chi connectivity index (χ1) is 11.4. The Morgan fingerprint density at radius 3 is 2.58 bits per heavy atom. The van der Waals surface area contributed by atoms with Crippen molar-refractivity contribution in [1.29, 1.82) is 0 Å². The maximum Gasteiger partial charge on any atom is 0.233 e. The monoisotopic (exact) mass is 350 g/mol. The fourth-order valence-electron chi connectivity index (χ4n) is 4.02. The Labute approximate surface area is 149 Å². The highest BCUT2D eigenvalue weighted by Crippen LogP contribution is 2.41. The summed E-state index contributed by atoms with van der Waals surface area (Å²) in [5.41, 5.74) is 6.54. The van der Waals surface area contributed by atoms with Crippen molar-refractivity contribution >= 4 is 17.5 Å². The Hall–Kier alpha value is -1.10. The number of hydrogen-bond donors (Lipinski definition) is 1. The highest BCUT2D eigenvalue weighted by atomic mass is 35.5. The molecule has 2 aliphatic heterocycles. The lowest BCUT2D eigenvalue weighted by molar-refractivity contribution is -0.144. The molecule has 1 unspecified atom stereocenters. The van der Waals surface area contributed by atoms with Gasteiger partial charge in [-0.2, -0.15) is 0 Å². The van der Waals surface area contributed by atoms with E-state index in [0.29, 0.717) is 37.6 Å². The van der Waals surface area contributed by atoms with Gasteiger partial charge < -0.3 is 15.4 Å². The van der Waals surface area contributed by atoms with Gasteiger partial charge in [0.25, 0.3) is 0 Å². The lowest BCUT2D eigenvalue weighted by Crippen LogP contribution is -2.58. The number of nitrogens with two attached hydrogens (primary N) is 1. The van der Waals surface area contributed by atoms with E-state index in [-0.39, 0.29) is 17.4 Å². The minimum atomic E-state index is -0.575. The number of piperidine rings is 1. The van der Waals surface area contributed by atoms with Crippen LogP contribution in [0.15, 0.2) is 24.3 Å². The maximum absolute atomic E-state index is 13.6. The molecule has 1 atom stereocenters. The molecule has 5 heteroatoms. The summed E-state index contributed by atoms with van der Waals surface area (Å²) < 4.78 is 5.55. The van der Waals surface area contributed by atoms with Crippen molar-refractivity contribution in [2.24, 2.45) is 11.1 Å². The van der Waals surface area contributed by atoms with Crippen LogP contribution in [0.25, 0.3) is 0 Å². The van der Waals surface area contributed by atoms with Crippen LogP contribution in [-0.2, 0) is 14.9 Å². The van der Waals surface area contributed by atoms with Gasteiger partial charge in [-0.15, -0.1) is 0 Å². The molecular formula is C19H27ClN2O2. The smallest absolute Gasteiger partial charge is 0.233 e. The Balaban J connectivity index is 1.95. The standard InChI is InChI=1S/C19H27ClN2O2/c1-18(2)13-22(10-7-16(18)21)17(23)19(8-11-24-12-9-19)14-5-3-4-6-15(14)20/h3-6,16H,7-13,21H2,1-2H3. The fraction of sp³-hybridized carbons (Fsp3) is 0.632. The van der Waals surface area contributed by atoms with E-state index in [1.165, 1.54) is 0 Å². The molecule has 2 N–H and O–H groups in total. The molecule has 1 aromatic carbocycles. The quantitative estimate of drug-likeness (QED) is 0.892. The zero-order valence-corrected chi connectivity index (χ0v) is 15.3. The number of likely N-dealkylation sites (tertiary alicyclic amines) is 1. The predicted molar refractivity (Wildman–Crippen MR) is 96.1 cm³/mol. The molecule has 1 aromatic rings. The van der Waals surface area contributed by atoms with E-state index in [9.17, 15) is 4.79 Å². The average molecular weight is 351 g/mol. The van der Waals surface area contributed by atoms with Crippen molar-refractivity contribution in [3.8, 4) is 0 Å². The van der Waals surface area contributed by atoms with Gasteiger partial charge in [0, 0.05) is 37.4 Å². The van der Waals surface area contributed by atoms with Gasteiger partial charge in [-0.25, -0.2) is 0 Å². The molecule has 24 heavy (non-hydrogen) atoms. The van der Waals surface area contributed by atoms with Crippen LogP contribution in [0.1, 0.15) is 38.7 Å². The molecule has 0 radical (unpaired) electrons. The molecule has 3 rings (SSSR count). The van der Waals surface area contributed by atoms with Crippen molar-refractivity contribution in [2.75, 3.05) is 26.3 Å². The zero-order valence-electron chi connectivity index (χ0n) is 14.6. The van der Waals surface area contributed by atoms with Crippen molar-refractivity contribution in [3.05, 3.63) is 34.9 Å². The maximum atomic E-state index is 13.6. The third kappa shape index (κ3) is 3.07. The number of carbonyl (C=O) groups excluding carboxylic acids is 1. The lowest BCUT2D eigenvalue weighted by atomic mass is 9.71. The molecule has 0 aromatic heterocycles. The van der Waals surface area contributed by atoms with Crippen LogP contribution in [0.4, 0.5) is 0 Å². The van der Waals surface area contributed by atoms with Gasteiger partial charge in [0.05, 0.1) is 5.41 Å². The van der Waals surface area contributed by atoms with Gasteiger partial charge in [0.1, 0.15) is 0 Å². The largest absolute Gasteiger partial charge is 0.381 e. The molecule has 4 nitrogen and oxygen atoms in total. The fourth-order valence-corrected chi connectivity index (χ4v) is 4.33. The Bertz CT molecular complexity index is 611. The first-order valence-electron chi connectivity index (χ1n) is 8.74. The van der Waals surface area contributed by atoms with Crippen LogP contribution in [0.2, 0.25) is 5.02 Å². The van der Waals surface area contributed by atoms with Crippen LogP contribution in [0, 0.1) is 5.41 Å². The number of hydrogen-bond acceptors (Lipinski definition) is 3. The molecule has 2 fully saturated rings. The highest BCUT2D eigenvalue weighted by Gasteiger charge is 2.47. The average Bonchev–Trinajstić information content (AvgIpc) is 2.57. The molecule has 0 aliphatic carbocycles. The third-order valence-electron chi connectivity index (χ3n) is 5.74. The van der Waals surface area contributed by atoms with Gasteiger partial charge in [-0.05, 0) is 36.3 Å². The summed E-state index contributed by atoms with van der Waals surface area (Å²) in [4.78, 5) is 15.6. The molecule has 2 heterocycles. The minimum Gasteiger partial charge on any atom is -0.381 e. The summed E-state index contributed by atoms with van der Waals surface area (Å²) in [6, 6.07) is 7.87. The summed E-state index contributed by atoms with van der Waals surface area (Å²) in [5, 5.41) is 0.667. The van der Waals surface area contributed by atoms with Gasteiger partial charge in [-0.1, -0.05) is 43.6 Å². The lowest BCUT2D eigenvalue weighted by Gasteiger charge is -2.47. The summed E-state index contributed by atoms with van der Waals surface area (Å²) in [7, 11) is 0. The number of rotatable bonds is 2. The number of benzene rings is 1. The number of amides is 1. The molecule has 1 amide bonds. The summed E-state index contributed by atoms with van der Waals surface area (Å²) in [6.45, 7) is 6.88. The molecule has 2 saturated heterocycles. The number of carbonyl (C=O) groups is 1. The summed E-state index contributed by atoms with van der Waals surface area (Å²) in [6.07, 6.45) is 2.20. The molecule has 0 saturated carbocycles. The van der Waals surface area contributed by atoms with E-state index in [0.717, 1.165) is 18.5 Å². The van der Waals surface area contributed by atoms with E-state index in [4.69, 9.17) is 22.1 Å². The van der Waals surface area contributed by atoms with Crippen molar-refractivity contribution in [2.45, 2.75) is 44.6 Å². The summed E-state index contributed by atoms with van der Waals surface area (Å²) >= 11 is 6.48. The minimum absolute atomic E-state index is 0.0687. The second kappa shape index (κ2) is 6.66. The molecular weight excluding hydrogens is 324 g/mol. The van der Waals surface area contributed by atoms with Crippen molar-refractivity contribution in [3.63, 3.8) is 0 Å². The number of ether oxygens (including phenoxy) is 1. The Morgan fingerprint density at radius 2 is 1.96 bits per heavy atom. The van der Waals surface area contributed by atoms with Crippen LogP contribution in [-0.4, -0.2) is 43.2 Å². The van der Waals surface area contributed by atoms with Crippen LogP contribution < -0.4 is 5.73 Å². The molecule has 132 valence electrons.